The minimum Gasteiger partial charge on any atom is -0.317 e. The summed E-state index contributed by atoms with van der Waals surface area (Å²) in [6.45, 7) is 5.49. The van der Waals surface area contributed by atoms with Crippen LogP contribution in [0.1, 0.15) is 32.6 Å². The van der Waals surface area contributed by atoms with Crippen LogP contribution in [0.2, 0.25) is 0 Å². The summed E-state index contributed by atoms with van der Waals surface area (Å²) in [5, 5.41) is 3.39. The molecule has 0 aliphatic carbocycles. The second-order valence-electron chi connectivity index (χ2n) is 5.22. The SMILES string of the molecule is CCS(=O)(=O)N1CCC(C2CCNCC2)CC1. The van der Waals surface area contributed by atoms with E-state index in [1.165, 1.54) is 12.8 Å². The van der Waals surface area contributed by atoms with Crippen molar-refractivity contribution in [3.8, 4) is 0 Å². The third-order valence-electron chi connectivity index (χ3n) is 4.31. The number of hydrogen-bond donors (Lipinski definition) is 1. The Morgan fingerprint density at radius 3 is 2.12 bits per heavy atom. The molecule has 0 aromatic rings. The largest absolute Gasteiger partial charge is 0.317 e. The number of nitrogens with zero attached hydrogens (tertiary/aromatic N) is 1. The van der Waals surface area contributed by atoms with Crippen molar-refractivity contribution >= 4 is 10.0 Å². The molecule has 0 atom stereocenters. The van der Waals surface area contributed by atoms with Crippen LogP contribution in [-0.2, 0) is 10.0 Å². The third kappa shape index (κ3) is 3.20. The van der Waals surface area contributed by atoms with Gasteiger partial charge in [-0.05, 0) is 57.5 Å². The second-order valence-corrected chi connectivity index (χ2v) is 7.48. The van der Waals surface area contributed by atoms with Gasteiger partial charge in [0.1, 0.15) is 0 Å². The maximum Gasteiger partial charge on any atom is 0.213 e. The van der Waals surface area contributed by atoms with E-state index < -0.39 is 10.0 Å². The van der Waals surface area contributed by atoms with Crippen molar-refractivity contribution in [2.75, 3.05) is 31.9 Å². The van der Waals surface area contributed by atoms with Gasteiger partial charge in [0.2, 0.25) is 10.0 Å². The molecule has 2 aliphatic rings. The summed E-state index contributed by atoms with van der Waals surface area (Å²) in [5.74, 6) is 1.81. The minimum absolute atomic E-state index is 0.241. The van der Waals surface area contributed by atoms with E-state index in [9.17, 15) is 8.42 Å². The molecule has 2 aliphatic heterocycles. The van der Waals surface area contributed by atoms with Crippen LogP contribution in [0.5, 0.6) is 0 Å². The first-order valence-corrected chi connectivity index (χ1v) is 8.43. The van der Waals surface area contributed by atoms with Gasteiger partial charge < -0.3 is 5.32 Å². The van der Waals surface area contributed by atoms with Gasteiger partial charge in [0.05, 0.1) is 5.75 Å². The van der Waals surface area contributed by atoms with Gasteiger partial charge in [-0.2, -0.15) is 0 Å². The van der Waals surface area contributed by atoms with Crippen LogP contribution in [0, 0.1) is 11.8 Å². The fourth-order valence-corrected chi connectivity index (χ4v) is 4.26. The molecule has 17 heavy (non-hydrogen) atoms. The number of rotatable bonds is 3. The van der Waals surface area contributed by atoms with Crippen LogP contribution in [0.3, 0.4) is 0 Å². The van der Waals surface area contributed by atoms with Gasteiger partial charge in [-0.15, -0.1) is 0 Å². The number of nitrogens with one attached hydrogen (secondary N) is 1. The zero-order valence-electron chi connectivity index (χ0n) is 10.7. The molecule has 0 aromatic carbocycles. The zero-order valence-corrected chi connectivity index (χ0v) is 11.5. The highest BCUT2D eigenvalue weighted by Crippen LogP contribution is 2.31. The quantitative estimate of drug-likeness (QED) is 0.825. The molecular formula is C12H24N2O2S. The lowest BCUT2D eigenvalue weighted by Gasteiger charge is -2.37. The fourth-order valence-electron chi connectivity index (χ4n) is 3.12. The highest BCUT2D eigenvalue weighted by atomic mass is 32.2. The number of piperidine rings is 2. The Labute approximate surface area is 105 Å². The molecule has 2 saturated heterocycles. The van der Waals surface area contributed by atoms with Crippen molar-refractivity contribution in [3.05, 3.63) is 0 Å². The number of sulfonamides is 1. The van der Waals surface area contributed by atoms with E-state index in [2.05, 4.69) is 5.32 Å². The van der Waals surface area contributed by atoms with E-state index >= 15 is 0 Å². The molecular weight excluding hydrogens is 236 g/mol. The van der Waals surface area contributed by atoms with Crippen molar-refractivity contribution < 1.29 is 8.42 Å². The minimum atomic E-state index is -2.95. The van der Waals surface area contributed by atoms with E-state index in [4.69, 9.17) is 0 Å². The zero-order chi connectivity index (χ0) is 12.3. The van der Waals surface area contributed by atoms with Gasteiger partial charge >= 0.3 is 0 Å². The Hall–Kier alpha value is -0.130. The molecule has 5 heteroatoms. The van der Waals surface area contributed by atoms with Crippen LogP contribution < -0.4 is 5.32 Å². The molecule has 2 fully saturated rings. The first-order valence-electron chi connectivity index (χ1n) is 6.82. The standard InChI is InChI=1S/C12H24N2O2S/c1-2-17(15,16)14-9-5-12(6-10-14)11-3-7-13-8-4-11/h11-13H,2-10H2,1H3. The topological polar surface area (TPSA) is 49.4 Å². The lowest BCUT2D eigenvalue weighted by atomic mass is 9.79. The van der Waals surface area contributed by atoms with E-state index in [1.807, 2.05) is 0 Å². The summed E-state index contributed by atoms with van der Waals surface area (Å²) in [6.07, 6.45) is 4.66. The van der Waals surface area contributed by atoms with Gasteiger partial charge in [0, 0.05) is 13.1 Å². The third-order valence-corrected chi connectivity index (χ3v) is 6.19. The predicted molar refractivity (Wildman–Crippen MR) is 69.4 cm³/mol. The highest BCUT2D eigenvalue weighted by molar-refractivity contribution is 7.89. The fraction of sp³-hybridized carbons (Fsp3) is 1.00. The van der Waals surface area contributed by atoms with Crippen molar-refractivity contribution in [3.63, 3.8) is 0 Å². The van der Waals surface area contributed by atoms with Crippen molar-refractivity contribution in [1.29, 1.82) is 0 Å². The summed E-state index contributed by atoms with van der Waals surface area (Å²) < 4.78 is 25.2. The van der Waals surface area contributed by atoms with Crippen LogP contribution in [-0.4, -0.2) is 44.7 Å². The van der Waals surface area contributed by atoms with Gasteiger partial charge in [-0.1, -0.05) is 0 Å². The van der Waals surface area contributed by atoms with E-state index in [1.54, 1.807) is 11.2 Å². The van der Waals surface area contributed by atoms with Crippen molar-refractivity contribution in [2.45, 2.75) is 32.6 Å². The van der Waals surface area contributed by atoms with E-state index in [-0.39, 0.29) is 5.75 Å². The monoisotopic (exact) mass is 260 g/mol. The Morgan fingerprint density at radius 1 is 1.06 bits per heavy atom. The van der Waals surface area contributed by atoms with Crippen LogP contribution in [0.15, 0.2) is 0 Å². The smallest absolute Gasteiger partial charge is 0.213 e. The molecule has 2 heterocycles. The Kier molecular flexibility index (Phi) is 4.44. The summed E-state index contributed by atoms with van der Waals surface area (Å²) in [4.78, 5) is 0. The van der Waals surface area contributed by atoms with Gasteiger partial charge in [-0.25, -0.2) is 12.7 Å². The molecule has 0 bridgehead atoms. The maximum absolute atomic E-state index is 11.8. The lowest BCUT2D eigenvalue weighted by Crippen LogP contribution is -2.42. The van der Waals surface area contributed by atoms with Crippen LogP contribution in [0.25, 0.3) is 0 Å². The molecule has 0 spiro atoms. The maximum atomic E-state index is 11.8. The summed E-state index contributed by atoms with van der Waals surface area (Å²) in [6, 6.07) is 0. The molecule has 1 N–H and O–H groups in total. The summed E-state index contributed by atoms with van der Waals surface area (Å²) in [5.41, 5.74) is 0. The average molecular weight is 260 g/mol. The van der Waals surface area contributed by atoms with Crippen LogP contribution >= 0.6 is 0 Å². The normalized spacial score (nSPS) is 26.2. The van der Waals surface area contributed by atoms with Crippen LogP contribution in [0.4, 0.5) is 0 Å². The summed E-state index contributed by atoms with van der Waals surface area (Å²) >= 11 is 0. The van der Waals surface area contributed by atoms with Crippen molar-refractivity contribution in [2.24, 2.45) is 11.8 Å². The molecule has 100 valence electrons. The second kappa shape index (κ2) is 5.67. The Balaban J connectivity index is 1.85. The predicted octanol–water partition coefficient (Wildman–Crippen LogP) is 1.05. The summed E-state index contributed by atoms with van der Waals surface area (Å²) in [7, 11) is -2.95. The molecule has 0 unspecified atom stereocenters. The first-order chi connectivity index (χ1) is 8.13. The molecule has 0 saturated carbocycles. The van der Waals surface area contributed by atoms with Gasteiger partial charge in [-0.3, -0.25) is 0 Å². The van der Waals surface area contributed by atoms with E-state index in [0.717, 1.165) is 50.9 Å². The molecule has 0 amide bonds. The van der Waals surface area contributed by atoms with Crippen molar-refractivity contribution in [1.82, 2.24) is 9.62 Å². The Morgan fingerprint density at radius 2 is 1.59 bits per heavy atom. The van der Waals surface area contributed by atoms with Gasteiger partial charge in [0.15, 0.2) is 0 Å². The molecule has 0 radical (unpaired) electrons. The Bertz CT molecular complexity index is 328. The van der Waals surface area contributed by atoms with E-state index in [0.29, 0.717) is 0 Å². The molecule has 4 nitrogen and oxygen atoms in total. The highest BCUT2D eigenvalue weighted by Gasteiger charge is 2.31. The lowest BCUT2D eigenvalue weighted by molar-refractivity contribution is 0.176. The molecule has 2 rings (SSSR count). The average Bonchev–Trinajstić information content (AvgIpc) is 2.40. The van der Waals surface area contributed by atoms with Gasteiger partial charge in [0.25, 0.3) is 0 Å². The number of hydrogen-bond acceptors (Lipinski definition) is 3. The molecule has 0 aromatic heterocycles. The first kappa shape index (κ1) is 13.3.